The van der Waals surface area contributed by atoms with E-state index in [2.05, 4.69) is 309 Å². The first kappa shape index (κ1) is 54.2. The van der Waals surface area contributed by atoms with Gasteiger partial charge in [0.25, 0.3) is 0 Å². The van der Waals surface area contributed by atoms with Crippen molar-refractivity contribution in [3.63, 3.8) is 0 Å². The van der Waals surface area contributed by atoms with E-state index in [1.54, 1.807) is 0 Å². The molecule has 0 fully saturated rings. The van der Waals surface area contributed by atoms with Gasteiger partial charge in [-0.25, -0.2) is 0 Å². The van der Waals surface area contributed by atoms with Crippen molar-refractivity contribution in [2.45, 2.75) is 10.8 Å². The Balaban J connectivity index is 0.872. The third-order valence-electron chi connectivity index (χ3n) is 17.0. The van der Waals surface area contributed by atoms with E-state index >= 15 is 0 Å². The predicted octanol–water partition coefficient (Wildman–Crippen LogP) is 18.2. The van der Waals surface area contributed by atoms with Crippen LogP contribution >= 0.6 is 0 Å². The van der Waals surface area contributed by atoms with Gasteiger partial charge in [-0.1, -0.05) is 182 Å². The van der Waals surface area contributed by atoms with E-state index in [0.29, 0.717) is 0 Å². The Labute approximate surface area is 513 Å². The van der Waals surface area contributed by atoms with Gasteiger partial charge in [0.15, 0.2) is 0 Å². The average molecular weight is 1130 g/mol. The molecule has 0 saturated carbocycles. The van der Waals surface area contributed by atoms with Crippen LogP contribution in [-0.4, -0.2) is 29.9 Å². The normalized spacial score (nSPS) is 11.3. The van der Waals surface area contributed by atoms with Crippen molar-refractivity contribution in [3.8, 4) is 78.6 Å². The fraction of sp³-hybridized carbons (Fsp3) is 0.0244. The molecule has 0 unspecified atom stereocenters. The summed E-state index contributed by atoms with van der Waals surface area (Å²) in [6, 6.07) is 96.4. The maximum Gasteiger partial charge on any atom is 0.0701 e. The van der Waals surface area contributed by atoms with Crippen LogP contribution in [0.25, 0.3) is 66.8 Å². The minimum absolute atomic E-state index is 0.739. The van der Waals surface area contributed by atoms with E-state index in [0.717, 1.165) is 122 Å². The first-order chi connectivity index (χ1) is 43.6. The lowest BCUT2D eigenvalue weighted by molar-refractivity contribution is 0.745. The highest BCUT2D eigenvalue weighted by Crippen LogP contribution is 2.49. The molecule has 6 heteroatoms. The largest absolute Gasteiger partial charge is 0.265 e. The summed E-state index contributed by atoms with van der Waals surface area (Å²) in [6.45, 7) is 0. The third kappa shape index (κ3) is 10.7. The summed E-state index contributed by atoms with van der Waals surface area (Å²) in [6.07, 6.45) is 22.1. The van der Waals surface area contributed by atoms with Crippen molar-refractivity contribution in [1.29, 1.82) is 0 Å². The summed E-state index contributed by atoms with van der Waals surface area (Å²) in [5, 5.41) is 0. The Morgan fingerprint density at radius 3 is 0.420 bits per heavy atom. The molecular weight excluding hydrogens is 1070 g/mol. The van der Waals surface area contributed by atoms with Crippen LogP contribution < -0.4 is 0 Å². The van der Waals surface area contributed by atoms with Crippen LogP contribution in [0.4, 0.5) is 0 Å². The summed E-state index contributed by atoms with van der Waals surface area (Å²) >= 11 is 0. The molecule has 0 radical (unpaired) electrons. The van der Waals surface area contributed by atoms with Crippen molar-refractivity contribution < 1.29 is 0 Å². The Hall–Kier alpha value is -11.8. The van der Waals surface area contributed by atoms with Crippen LogP contribution in [0.5, 0.6) is 0 Å². The van der Waals surface area contributed by atoms with Crippen molar-refractivity contribution in [2.75, 3.05) is 0 Å². The van der Waals surface area contributed by atoms with Crippen LogP contribution in [0.2, 0.25) is 0 Å². The second-order valence-corrected chi connectivity index (χ2v) is 21.8. The number of pyridine rings is 6. The van der Waals surface area contributed by atoms with Gasteiger partial charge in [-0.05, 0) is 208 Å². The van der Waals surface area contributed by atoms with Gasteiger partial charge < -0.3 is 0 Å². The summed E-state index contributed by atoms with van der Waals surface area (Å²) in [7, 11) is 0. The van der Waals surface area contributed by atoms with Crippen molar-refractivity contribution in [3.05, 3.63) is 397 Å². The summed E-state index contributed by atoms with van der Waals surface area (Å²) in [5.74, 6) is 7.15. The Morgan fingerprint density at radius 1 is 0.148 bits per heavy atom. The monoisotopic (exact) mass is 1120 g/mol. The minimum Gasteiger partial charge on any atom is -0.265 e. The van der Waals surface area contributed by atoms with E-state index in [-0.39, 0.29) is 0 Å². The zero-order valence-corrected chi connectivity index (χ0v) is 48.0. The molecule has 0 amide bonds. The molecule has 0 atom stereocenters. The van der Waals surface area contributed by atoms with Crippen molar-refractivity contribution in [1.82, 2.24) is 29.9 Å². The quantitative estimate of drug-likeness (QED) is 0.0798. The SMILES string of the molecule is C(#Cc1ccc(C(c2ccc(-c3ccncc3)cc2)(c2ccc(-c3ccncc3)cc2)c2ccc(-c3ccncc3)cc2)cc1)c1ccc(C(c2ccc(-c3ccncc3)cc2)(c2ccc(-c3ccncc3)cc2)c2ccc(-c3ccncc3)cc2)cc1. The van der Waals surface area contributed by atoms with Crippen molar-refractivity contribution in [2.24, 2.45) is 0 Å². The fourth-order valence-corrected chi connectivity index (χ4v) is 12.5. The number of aromatic nitrogens is 6. The molecule has 6 nitrogen and oxygen atoms in total. The Bertz CT molecular complexity index is 3950. The van der Waals surface area contributed by atoms with Crippen molar-refractivity contribution >= 4 is 0 Å². The molecule has 14 rings (SSSR count). The van der Waals surface area contributed by atoms with Gasteiger partial charge in [0.05, 0.1) is 10.8 Å². The van der Waals surface area contributed by atoms with E-state index in [9.17, 15) is 0 Å². The molecule has 0 aliphatic carbocycles. The smallest absolute Gasteiger partial charge is 0.0701 e. The highest BCUT2D eigenvalue weighted by atomic mass is 14.6. The molecule has 6 heterocycles. The summed E-state index contributed by atoms with van der Waals surface area (Å²) in [5.41, 5.74) is 22.7. The third-order valence-corrected chi connectivity index (χ3v) is 17.0. The van der Waals surface area contributed by atoms with E-state index < -0.39 is 10.8 Å². The maximum atomic E-state index is 4.29. The zero-order chi connectivity index (χ0) is 59.0. The topological polar surface area (TPSA) is 77.3 Å². The molecule has 0 aliphatic rings. The van der Waals surface area contributed by atoms with Crippen LogP contribution in [0.15, 0.2) is 341 Å². The highest BCUT2D eigenvalue weighted by molar-refractivity contribution is 5.74. The Kier molecular flexibility index (Phi) is 15.0. The summed E-state index contributed by atoms with van der Waals surface area (Å²) < 4.78 is 0. The molecular formula is C82H56N6. The molecule has 6 aromatic heterocycles. The molecule has 88 heavy (non-hydrogen) atoms. The van der Waals surface area contributed by atoms with E-state index in [1.807, 2.05) is 74.4 Å². The van der Waals surface area contributed by atoms with Gasteiger partial charge in [0.1, 0.15) is 0 Å². The molecule has 0 bridgehead atoms. The lowest BCUT2D eigenvalue weighted by atomic mass is 9.64. The number of nitrogens with zero attached hydrogens (tertiary/aromatic N) is 6. The average Bonchev–Trinajstić information content (AvgIpc) is 1.24. The van der Waals surface area contributed by atoms with Gasteiger partial charge in [-0.15, -0.1) is 0 Å². The van der Waals surface area contributed by atoms with Crippen LogP contribution in [-0.2, 0) is 10.8 Å². The molecule has 0 aliphatic heterocycles. The number of hydrogen-bond acceptors (Lipinski definition) is 6. The van der Waals surface area contributed by atoms with Gasteiger partial charge in [0, 0.05) is 85.5 Å². The van der Waals surface area contributed by atoms with Crippen LogP contribution in [0.1, 0.15) is 55.6 Å². The molecule has 0 saturated heterocycles. The van der Waals surface area contributed by atoms with Gasteiger partial charge >= 0.3 is 0 Å². The highest BCUT2D eigenvalue weighted by Gasteiger charge is 2.40. The molecule has 8 aromatic carbocycles. The van der Waals surface area contributed by atoms with Gasteiger partial charge in [-0.2, -0.15) is 0 Å². The van der Waals surface area contributed by atoms with Gasteiger partial charge in [0.2, 0.25) is 0 Å². The van der Waals surface area contributed by atoms with Crippen LogP contribution in [0.3, 0.4) is 0 Å². The Morgan fingerprint density at radius 2 is 0.273 bits per heavy atom. The number of hydrogen-bond donors (Lipinski definition) is 0. The molecule has 414 valence electrons. The minimum atomic E-state index is -0.739. The molecule has 14 aromatic rings. The second-order valence-electron chi connectivity index (χ2n) is 21.8. The lowest BCUT2D eigenvalue weighted by Gasteiger charge is -2.37. The van der Waals surface area contributed by atoms with E-state index in [1.165, 1.54) is 0 Å². The lowest BCUT2D eigenvalue weighted by Crippen LogP contribution is -2.31. The van der Waals surface area contributed by atoms with Crippen LogP contribution in [0, 0.1) is 11.8 Å². The fourth-order valence-electron chi connectivity index (χ4n) is 12.5. The zero-order valence-electron chi connectivity index (χ0n) is 48.0. The number of rotatable bonds is 14. The predicted molar refractivity (Wildman–Crippen MR) is 355 cm³/mol. The first-order valence-electron chi connectivity index (χ1n) is 29.4. The van der Waals surface area contributed by atoms with Gasteiger partial charge in [-0.3, -0.25) is 29.9 Å². The van der Waals surface area contributed by atoms with E-state index in [4.69, 9.17) is 0 Å². The standard InChI is InChI=1S/C82H56N6/c1(59-3-19-73(20-4-59)81(75-23-7-61(8-24-75)67-35-47-83-48-36-67,76-25-9-62(10-26-76)68-37-49-84-50-38-68)77-27-11-63(12-28-77)69-39-51-85-52-40-69)2-60-5-21-74(22-6-60)82(78-29-13-64(14-30-78)70-41-53-86-54-42-70,79-31-15-65(16-32-79)71-43-55-87-56-44-71)80-33-17-66(18-34-80)72-45-57-88-58-46-72/h3-58H. The molecule has 0 N–H and O–H groups in total. The second kappa shape index (κ2) is 24.4. The number of benzene rings is 8. The maximum absolute atomic E-state index is 4.29. The summed E-state index contributed by atoms with van der Waals surface area (Å²) in [4.78, 5) is 25.8. The first-order valence-corrected chi connectivity index (χ1v) is 29.4. The molecule has 0 spiro atoms.